The van der Waals surface area contributed by atoms with Crippen molar-refractivity contribution in [1.82, 2.24) is 25.9 Å². The summed E-state index contributed by atoms with van der Waals surface area (Å²) in [7, 11) is 0. The molecule has 4 rings (SSSR count). The van der Waals surface area contributed by atoms with Crippen LogP contribution < -0.4 is 21.7 Å². The lowest BCUT2D eigenvalue weighted by Gasteiger charge is -2.12. The van der Waals surface area contributed by atoms with Gasteiger partial charge in [0.2, 0.25) is 0 Å². The molecule has 31 heavy (non-hydrogen) atoms. The summed E-state index contributed by atoms with van der Waals surface area (Å²) in [5.74, 6) is -0.470. The summed E-state index contributed by atoms with van der Waals surface area (Å²) < 4.78 is 0. The molecule has 1 aliphatic heterocycles. The van der Waals surface area contributed by atoms with Gasteiger partial charge in [-0.3, -0.25) is 9.59 Å². The van der Waals surface area contributed by atoms with E-state index in [1.54, 1.807) is 18.2 Å². The van der Waals surface area contributed by atoms with Gasteiger partial charge < -0.3 is 21.7 Å². The number of aromatic nitrogens is 2. The van der Waals surface area contributed by atoms with E-state index >= 15 is 0 Å². The summed E-state index contributed by atoms with van der Waals surface area (Å²) in [5.41, 5.74) is 8.65. The molecule has 0 radical (unpaired) electrons. The lowest BCUT2D eigenvalue weighted by atomic mass is 10.1. The first-order valence-electron chi connectivity index (χ1n) is 10.2. The van der Waals surface area contributed by atoms with Crippen molar-refractivity contribution in [3.8, 4) is 11.3 Å². The van der Waals surface area contributed by atoms with E-state index in [0.717, 1.165) is 25.1 Å². The number of nitrogen functional groups attached to an aromatic ring is 1. The van der Waals surface area contributed by atoms with Gasteiger partial charge in [0.1, 0.15) is 0 Å². The quantitative estimate of drug-likeness (QED) is 0.486. The number of benzene rings is 2. The SMILES string of the molecule is Nc1ncc(-c2cccc(C(=O)NCc3ccccc3)c2)nc1C(=O)N[C@H]1CCNC1. The first-order valence-corrected chi connectivity index (χ1v) is 10.2. The Morgan fingerprint density at radius 3 is 2.71 bits per heavy atom. The number of nitrogens with two attached hydrogens (primary N) is 1. The van der Waals surface area contributed by atoms with Crippen LogP contribution in [0.1, 0.15) is 32.8 Å². The van der Waals surface area contributed by atoms with Gasteiger partial charge >= 0.3 is 0 Å². The highest BCUT2D eigenvalue weighted by Crippen LogP contribution is 2.20. The molecule has 0 unspecified atom stereocenters. The molecule has 8 nitrogen and oxygen atoms in total. The first kappa shape index (κ1) is 20.5. The van der Waals surface area contributed by atoms with E-state index in [-0.39, 0.29) is 29.4 Å². The second kappa shape index (κ2) is 9.36. The highest BCUT2D eigenvalue weighted by Gasteiger charge is 2.21. The molecule has 1 atom stereocenters. The number of rotatable bonds is 6. The molecule has 1 saturated heterocycles. The summed E-state index contributed by atoms with van der Waals surface area (Å²) in [6.45, 7) is 2.02. The van der Waals surface area contributed by atoms with Gasteiger partial charge in [-0.2, -0.15) is 0 Å². The lowest BCUT2D eigenvalue weighted by molar-refractivity contribution is 0.0932. The van der Waals surface area contributed by atoms with Crippen LogP contribution in [0.2, 0.25) is 0 Å². The van der Waals surface area contributed by atoms with Crippen molar-refractivity contribution in [3.05, 3.63) is 77.6 Å². The fourth-order valence-corrected chi connectivity index (χ4v) is 3.44. The van der Waals surface area contributed by atoms with Crippen molar-refractivity contribution < 1.29 is 9.59 Å². The third kappa shape index (κ3) is 5.04. The van der Waals surface area contributed by atoms with E-state index < -0.39 is 0 Å². The van der Waals surface area contributed by atoms with Gasteiger partial charge in [0.15, 0.2) is 11.5 Å². The molecule has 2 amide bonds. The van der Waals surface area contributed by atoms with Gasteiger partial charge in [-0.25, -0.2) is 9.97 Å². The Balaban J connectivity index is 1.50. The number of amides is 2. The van der Waals surface area contributed by atoms with E-state index in [4.69, 9.17) is 5.73 Å². The minimum Gasteiger partial charge on any atom is -0.382 e. The Bertz CT molecular complexity index is 1080. The molecule has 1 aliphatic rings. The first-order chi connectivity index (χ1) is 15.1. The normalized spacial score (nSPS) is 15.4. The number of carbonyl (C=O) groups is 2. The molecular formula is C23H24N6O2. The Morgan fingerprint density at radius 1 is 1.10 bits per heavy atom. The molecule has 0 aliphatic carbocycles. The van der Waals surface area contributed by atoms with Crippen LogP contribution in [0.25, 0.3) is 11.3 Å². The number of hydrogen-bond donors (Lipinski definition) is 4. The van der Waals surface area contributed by atoms with E-state index in [2.05, 4.69) is 25.9 Å². The zero-order valence-electron chi connectivity index (χ0n) is 17.0. The Hall–Kier alpha value is -3.78. The summed E-state index contributed by atoms with van der Waals surface area (Å²) in [6.07, 6.45) is 2.36. The van der Waals surface area contributed by atoms with Crippen molar-refractivity contribution in [2.75, 3.05) is 18.8 Å². The standard InChI is InChI=1S/C23H24N6O2/c24-21-20(23(31)28-18-9-10-25-13-18)29-19(14-26-21)16-7-4-8-17(11-16)22(30)27-12-15-5-2-1-3-6-15/h1-8,11,14,18,25H,9-10,12-13H2,(H2,24,26)(H,27,30)(H,28,31)/t18-/m0/s1. The zero-order valence-corrected chi connectivity index (χ0v) is 17.0. The molecule has 8 heteroatoms. The second-order valence-corrected chi connectivity index (χ2v) is 7.40. The molecule has 5 N–H and O–H groups in total. The van der Waals surface area contributed by atoms with Crippen LogP contribution in [0, 0.1) is 0 Å². The van der Waals surface area contributed by atoms with Crippen molar-refractivity contribution in [1.29, 1.82) is 0 Å². The lowest BCUT2D eigenvalue weighted by Crippen LogP contribution is -2.37. The number of anilines is 1. The third-order valence-corrected chi connectivity index (χ3v) is 5.13. The van der Waals surface area contributed by atoms with Crippen molar-refractivity contribution >= 4 is 17.6 Å². The van der Waals surface area contributed by atoms with E-state index in [0.29, 0.717) is 23.4 Å². The average molecular weight is 416 g/mol. The van der Waals surface area contributed by atoms with Crippen LogP contribution in [-0.4, -0.2) is 40.9 Å². The van der Waals surface area contributed by atoms with Gasteiger partial charge in [-0.15, -0.1) is 0 Å². The average Bonchev–Trinajstić information content (AvgIpc) is 3.31. The highest BCUT2D eigenvalue weighted by atomic mass is 16.2. The molecule has 0 saturated carbocycles. The van der Waals surface area contributed by atoms with Crippen LogP contribution in [0.4, 0.5) is 5.82 Å². The highest BCUT2D eigenvalue weighted by molar-refractivity contribution is 5.97. The van der Waals surface area contributed by atoms with Crippen LogP contribution in [0.15, 0.2) is 60.8 Å². The van der Waals surface area contributed by atoms with Crippen LogP contribution in [-0.2, 0) is 6.54 Å². The van der Waals surface area contributed by atoms with Crippen LogP contribution in [0.5, 0.6) is 0 Å². The van der Waals surface area contributed by atoms with Crippen molar-refractivity contribution in [2.45, 2.75) is 19.0 Å². The molecule has 1 aromatic heterocycles. The molecule has 3 aromatic rings. The minimum absolute atomic E-state index is 0.0500. The summed E-state index contributed by atoms with van der Waals surface area (Å²) >= 11 is 0. The smallest absolute Gasteiger partial charge is 0.274 e. The Labute approximate surface area is 180 Å². The maximum Gasteiger partial charge on any atom is 0.274 e. The fourth-order valence-electron chi connectivity index (χ4n) is 3.44. The van der Waals surface area contributed by atoms with E-state index in [9.17, 15) is 9.59 Å². The zero-order chi connectivity index (χ0) is 21.6. The Morgan fingerprint density at radius 2 is 1.94 bits per heavy atom. The number of carbonyl (C=O) groups excluding carboxylic acids is 2. The summed E-state index contributed by atoms with van der Waals surface area (Å²) in [5, 5.41) is 9.04. The van der Waals surface area contributed by atoms with Crippen molar-refractivity contribution in [2.24, 2.45) is 0 Å². The fraction of sp³-hybridized carbons (Fsp3) is 0.217. The van der Waals surface area contributed by atoms with Crippen molar-refractivity contribution in [3.63, 3.8) is 0 Å². The predicted octanol–water partition coefficient (Wildman–Crippen LogP) is 1.75. The molecule has 0 bridgehead atoms. The molecular weight excluding hydrogens is 392 g/mol. The van der Waals surface area contributed by atoms with Gasteiger partial charge in [0.25, 0.3) is 11.8 Å². The second-order valence-electron chi connectivity index (χ2n) is 7.40. The predicted molar refractivity (Wildman–Crippen MR) is 118 cm³/mol. The van der Waals surface area contributed by atoms with E-state index in [1.807, 2.05) is 36.4 Å². The topological polar surface area (TPSA) is 122 Å². The molecule has 1 fully saturated rings. The maximum atomic E-state index is 12.6. The Kier molecular flexibility index (Phi) is 6.18. The summed E-state index contributed by atoms with van der Waals surface area (Å²) in [6, 6.07) is 16.8. The van der Waals surface area contributed by atoms with Crippen LogP contribution in [0.3, 0.4) is 0 Å². The summed E-state index contributed by atoms with van der Waals surface area (Å²) in [4.78, 5) is 33.8. The number of hydrogen-bond acceptors (Lipinski definition) is 6. The minimum atomic E-state index is -0.350. The molecule has 0 spiro atoms. The van der Waals surface area contributed by atoms with Gasteiger partial charge in [0.05, 0.1) is 11.9 Å². The van der Waals surface area contributed by atoms with Gasteiger partial charge in [-0.1, -0.05) is 42.5 Å². The third-order valence-electron chi connectivity index (χ3n) is 5.13. The number of nitrogens with zero attached hydrogens (tertiary/aromatic N) is 2. The number of nitrogens with one attached hydrogen (secondary N) is 3. The van der Waals surface area contributed by atoms with Crippen LogP contribution >= 0.6 is 0 Å². The largest absolute Gasteiger partial charge is 0.382 e. The maximum absolute atomic E-state index is 12.6. The van der Waals surface area contributed by atoms with E-state index in [1.165, 1.54) is 6.20 Å². The molecule has 2 aromatic carbocycles. The van der Waals surface area contributed by atoms with Gasteiger partial charge in [0, 0.05) is 30.3 Å². The van der Waals surface area contributed by atoms with Gasteiger partial charge in [-0.05, 0) is 30.7 Å². The molecule has 2 heterocycles. The molecule has 158 valence electrons. The monoisotopic (exact) mass is 416 g/mol.